The first kappa shape index (κ1) is 15.7. The monoisotopic (exact) mass is 228 g/mol. The van der Waals surface area contributed by atoms with Crippen LogP contribution in [-0.2, 0) is 0 Å². The Balaban J connectivity index is -0.0000000450. The van der Waals surface area contributed by atoms with Crippen molar-refractivity contribution in [3.8, 4) is 0 Å². The fourth-order valence-corrected chi connectivity index (χ4v) is 0. The van der Waals surface area contributed by atoms with Crippen molar-refractivity contribution >= 4 is 23.1 Å². The van der Waals surface area contributed by atoms with E-state index in [1.807, 2.05) is 0 Å². The van der Waals surface area contributed by atoms with Crippen LogP contribution in [0.3, 0.4) is 0 Å². The van der Waals surface area contributed by atoms with Gasteiger partial charge in [-0.1, -0.05) is 0 Å². The Hall–Kier alpha value is 1.34. The van der Waals surface area contributed by atoms with Crippen LogP contribution in [0.1, 0.15) is 0 Å². The van der Waals surface area contributed by atoms with Crippen LogP contribution in [0.25, 0.3) is 0 Å². The van der Waals surface area contributed by atoms with Gasteiger partial charge >= 0.3 is 23.1 Å². The van der Waals surface area contributed by atoms with Gasteiger partial charge in [-0.2, -0.15) is 0 Å². The minimum atomic E-state index is -1.75. The second-order valence-electron chi connectivity index (χ2n) is 0.224. The van der Waals surface area contributed by atoms with E-state index in [1.165, 1.54) is 0 Å². The summed E-state index contributed by atoms with van der Waals surface area (Å²) < 4.78 is 0. The fourth-order valence-electron chi connectivity index (χ4n) is 0. The molecule has 0 saturated carbocycles. The number of rotatable bonds is 0. The third kappa shape index (κ3) is 55.9. The molecular weight excluding hydrogens is 226 g/mol. The zero-order chi connectivity index (χ0) is 3.58. The van der Waals surface area contributed by atoms with Gasteiger partial charge in [0, 0.05) is 41.7 Å². The first-order valence-electron chi connectivity index (χ1n) is 0.548. The predicted molar refractivity (Wildman–Crippen MR) is 18.9 cm³/mol. The maximum atomic E-state index is 8.25. The van der Waals surface area contributed by atoms with E-state index in [-0.39, 0.29) is 64.8 Å². The number of nitrogens with zero attached hydrogens (tertiary/aromatic N) is 1. The standard InChI is InChI=1S/Ce.Mg.NO3.2H/c;;2-1(3)4;;/q;;-1;;. The molecule has 0 unspecified atom stereocenters. The van der Waals surface area contributed by atoms with Gasteiger partial charge in [0.05, 0.1) is 5.09 Å². The summed E-state index contributed by atoms with van der Waals surface area (Å²) in [5.41, 5.74) is 0. The molecule has 6 heteroatoms. The molecule has 0 rings (SSSR count). The summed E-state index contributed by atoms with van der Waals surface area (Å²) >= 11 is 0. The van der Waals surface area contributed by atoms with Gasteiger partial charge in [-0.25, -0.2) is 0 Å². The molecule has 0 saturated heterocycles. The number of hydrogen-bond acceptors (Lipinski definition) is 3. The summed E-state index contributed by atoms with van der Waals surface area (Å²) in [5, 5.41) is 14.8. The zero-order valence-corrected chi connectivity index (χ0v) is 5.31. The van der Waals surface area contributed by atoms with Crippen LogP contribution in [0.4, 0.5) is 0 Å². The zero-order valence-electron chi connectivity index (χ0n) is 2.17. The van der Waals surface area contributed by atoms with Crippen molar-refractivity contribution in [2.24, 2.45) is 0 Å². The van der Waals surface area contributed by atoms with Crippen molar-refractivity contribution < 1.29 is 46.8 Å². The Morgan fingerprint density at radius 2 is 1.33 bits per heavy atom. The molecule has 0 aliphatic heterocycles. The van der Waals surface area contributed by atoms with Crippen molar-refractivity contribution in [2.75, 3.05) is 0 Å². The first-order valence-corrected chi connectivity index (χ1v) is 0.548. The summed E-state index contributed by atoms with van der Waals surface area (Å²) in [5.74, 6) is 0. The van der Waals surface area contributed by atoms with Crippen molar-refractivity contribution in [3.63, 3.8) is 0 Å². The van der Waals surface area contributed by atoms with Gasteiger partial charge in [0.15, 0.2) is 0 Å². The third-order valence-electron chi connectivity index (χ3n) is 0. The summed E-state index contributed by atoms with van der Waals surface area (Å²) in [6, 6.07) is 0. The molecular formula is H2CeMgNO3-. The largest absolute Gasteiger partial charge is 0.356 e. The van der Waals surface area contributed by atoms with Gasteiger partial charge in [-0.05, 0) is 0 Å². The molecule has 0 amide bonds. The SMILES string of the molecule is O=[N+]([O-])[O-].[Ce].[MgH2]. The topological polar surface area (TPSA) is 66.2 Å². The normalized spacial score (nSPS) is 4.00. The Bertz CT molecular complexity index is 33.8. The second-order valence-corrected chi connectivity index (χ2v) is 0.224. The van der Waals surface area contributed by atoms with E-state index in [4.69, 9.17) is 15.3 Å². The van der Waals surface area contributed by atoms with E-state index < -0.39 is 5.09 Å². The Morgan fingerprint density at radius 1 is 1.33 bits per heavy atom. The summed E-state index contributed by atoms with van der Waals surface area (Å²) in [7, 11) is 0. The molecule has 4 nitrogen and oxygen atoms in total. The van der Waals surface area contributed by atoms with Crippen molar-refractivity contribution in [1.29, 1.82) is 0 Å². The average molecular weight is 228 g/mol. The van der Waals surface area contributed by atoms with Crippen LogP contribution in [0.5, 0.6) is 0 Å². The van der Waals surface area contributed by atoms with E-state index in [0.717, 1.165) is 0 Å². The molecule has 0 radical (unpaired) electrons. The van der Waals surface area contributed by atoms with E-state index in [9.17, 15) is 0 Å². The van der Waals surface area contributed by atoms with Gasteiger partial charge in [-0.15, -0.1) is 0 Å². The molecule has 0 aromatic rings. The molecule has 0 bridgehead atoms. The summed E-state index contributed by atoms with van der Waals surface area (Å²) in [6.45, 7) is 0. The Kier molecular flexibility index (Phi) is 25.1. The maximum Gasteiger partial charge on any atom is 0.316 e. The van der Waals surface area contributed by atoms with Crippen LogP contribution >= 0.6 is 0 Å². The summed E-state index contributed by atoms with van der Waals surface area (Å²) in [6.07, 6.45) is 0. The van der Waals surface area contributed by atoms with Crippen LogP contribution in [0, 0.1) is 57.1 Å². The van der Waals surface area contributed by atoms with Gasteiger partial charge < -0.3 is 15.3 Å². The van der Waals surface area contributed by atoms with E-state index in [2.05, 4.69) is 0 Å². The third-order valence-corrected chi connectivity index (χ3v) is 0. The van der Waals surface area contributed by atoms with Crippen LogP contribution in [0.15, 0.2) is 0 Å². The van der Waals surface area contributed by atoms with Crippen LogP contribution in [-0.4, -0.2) is 28.1 Å². The first-order chi connectivity index (χ1) is 1.73. The Labute approximate surface area is 83.9 Å². The van der Waals surface area contributed by atoms with E-state index in [1.54, 1.807) is 0 Å². The molecule has 32 valence electrons. The quantitative estimate of drug-likeness (QED) is 0.299. The van der Waals surface area contributed by atoms with Gasteiger partial charge in [0.2, 0.25) is 0 Å². The van der Waals surface area contributed by atoms with E-state index >= 15 is 0 Å². The van der Waals surface area contributed by atoms with Crippen molar-refractivity contribution in [1.82, 2.24) is 0 Å². The molecule has 0 heterocycles. The molecule has 0 spiro atoms. The van der Waals surface area contributed by atoms with Crippen molar-refractivity contribution in [3.05, 3.63) is 15.3 Å². The number of hydrogen-bond donors (Lipinski definition) is 0. The molecule has 0 N–H and O–H groups in total. The van der Waals surface area contributed by atoms with Gasteiger partial charge in [0.25, 0.3) is 0 Å². The molecule has 0 aromatic carbocycles. The molecule has 0 aliphatic carbocycles. The molecule has 6 heavy (non-hydrogen) atoms. The maximum absolute atomic E-state index is 8.25. The molecule has 0 aromatic heterocycles. The van der Waals surface area contributed by atoms with Crippen molar-refractivity contribution in [2.45, 2.75) is 0 Å². The molecule has 0 fully saturated rings. The molecule has 0 aliphatic rings. The minimum Gasteiger partial charge on any atom is -0.356 e. The molecule has 0 atom stereocenters. The van der Waals surface area contributed by atoms with Crippen LogP contribution < -0.4 is 0 Å². The summed E-state index contributed by atoms with van der Waals surface area (Å²) in [4.78, 5) is 8.25. The van der Waals surface area contributed by atoms with Gasteiger partial charge in [-0.3, -0.25) is 0 Å². The minimum absolute atomic E-state index is 0. The fraction of sp³-hybridized carbons (Fsp3) is 0. The average Bonchev–Trinajstić information content (AvgIpc) is 0.811. The van der Waals surface area contributed by atoms with Crippen LogP contribution in [0.2, 0.25) is 0 Å². The van der Waals surface area contributed by atoms with Gasteiger partial charge in [0.1, 0.15) is 0 Å². The van der Waals surface area contributed by atoms with E-state index in [0.29, 0.717) is 0 Å². The Morgan fingerprint density at radius 3 is 1.33 bits per heavy atom. The second kappa shape index (κ2) is 9.60. The predicted octanol–water partition coefficient (Wildman–Crippen LogP) is -1.16. The smallest absolute Gasteiger partial charge is 0.316 e.